The number of rotatable bonds is 3. The Morgan fingerprint density at radius 3 is 3.00 bits per heavy atom. The van der Waals surface area contributed by atoms with Gasteiger partial charge in [-0.3, -0.25) is 4.79 Å². The predicted molar refractivity (Wildman–Crippen MR) is 80.5 cm³/mol. The molecule has 1 aliphatic rings. The van der Waals surface area contributed by atoms with E-state index in [-0.39, 0.29) is 24.4 Å². The highest BCUT2D eigenvalue weighted by Gasteiger charge is 2.21. The van der Waals surface area contributed by atoms with Crippen molar-refractivity contribution in [2.45, 2.75) is 18.9 Å². The molecule has 2 N–H and O–H groups in total. The van der Waals surface area contributed by atoms with E-state index in [9.17, 15) is 4.79 Å². The monoisotopic (exact) mass is 292 g/mol. The van der Waals surface area contributed by atoms with Gasteiger partial charge in [-0.2, -0.15) is 5.10 Å². The van der Waals surface area contributed by atoms with E-state index in [1.165, 1.54) is 0 Å². The van der Waals surface area contributed by atoms with Crippen molar-refractivity contribution < 1.29 is 4.79 Å². The zero-order chi connectivity index (χ0) is 13.1. The van der Waals surface area contributed by atoms with E-state index in [1.54, 1.807) is 10.9 Å². The largest absolute Gasteiger partial charge is 0.325 e. The molecule has 2 heterocycles. The van der Waals surface area contributed by atoms with Crippen LogP contribution in [0.1, 0.15) is 12.8 Å². The lowest BCUT2D eigenvalue weighted by Crippen LogP contribution is -2.35. The maximum atomic E-state index is 12.0. The fourth-order valence-electron chi connectivity index (χ4n) is 2.29. The van der Waals surface area contributed by atoms with Crippen molar-refractivity contribution in [3.05, 3.63) is 42.7 Å². The van der Waals surface area contributed by atoms with Gasteiger partial charge in [0.25, 0.3) is 0 Å². The Balaban J connectivity index is 0.00000147. The van der Waals surface area contributed by atoms with Crippen molar-refractivity contribution in [1.82, 2.24) is 15.1 Å². The molecule has 2 aromatic rings. The average Bonchev–Trinajstić information content (AvgIpc) is 3.13. The first-order valence-corrected chi connectivity index (χ1v) is 6.47. The molecule has 1 aromatic carbocycles. The van der Waals surface area contributed by atoms with Crippen molar-refractivity contribution in [3.8, 4) is 5.69 Å². The number of hydrogen-bond donors (Lipinski definition) is 2. The van der Waals surface area contributed by atoms with Crippen molar-refractivity contribution >= 4 is 24.0 Å². The van der Waals surface area contributed by atoms with Crippen molar-refractivity contribution in [2.24, 2.45) is 0 Å². The number of hydrogen-bond acceptors (Lipinski definition) is 3. The van der Waals surface area contributed by atoms with Gasteiger partial charge in [0.15, 0.2) is 0 Å². The summed E-state index contributed by atoms with van der Waals surface area (Å²) < 4.78 is 1.77. The highest BCUT2D eigenvalue weighted by Crippen LogP contribution is 2.15. The highest BCUT2D eigenvalue weighted by atomic mass is 35.5. The van der Waals surface area contributed by atoms with Gasteiger partial charge < -0.3 is 10.6 Å². The van der Waals surface area contributed by atoms with Gasteiger partial charge in [-0.05, 0) is 43.7 Å². The molecule has 3 rings (SSSR count). The molecule has 0 aliphatic carbocycles. The van der Waals surface area contributed by atoms with Crippen LogP contribution < -0.4 is 10.6 Å². The fourth-order valence-corrected chi connectivity index (χ4v) is 2.29. The maximum Gasteiger partial charge on any atom is 0.241 e. The molecule has 1 unspecified atom stereocenters. The second-order valence-corrected chi connectivity index (χ2v) is 4.64. The van der Waals surface area contributed by atoms with Crippen molar-refractivity contribution in [2.75, 3.05) is 11.9 Å². The molecule has 1 amide bonds. The Labute approximate surface area is 123 Å². The summed E-state index contributed by atoms with van der Waals surface area (Å²) in [6.07, 6.45) is 5.57. The van der Waals surface area contributed by atoms with Gasteiger partial charge >= 0.3 is 0 Å². The first-order chi connectivity index (χ1) is 9.33. The first kappa shape index (κ1) is 14.6. The van der Waals surface area contributed by atoms with E-state index in [1.807, 2.05) is 36.5 Å². The zero-order valence-electron chi connectivity index (χ0n) is 11.0. The minimum absolute atomic E-state index is 0. The van der Waals surface area contributed by atoms with Gasteiger partial charge in [-0.15, -0.1) is 12.4 Å². The van der Waals surface area contributed by atoms with E-state index in [4.69, 9.17) is 0 Å². The van der Waals surface area contributed by atoms with Gasteiger partial charge in [0.05, 0.1) is 11.7 Å². The number of nitrogens with one attached hydrogen (secondary N) is 2. The number of carbonyl (C=O) groups is 1. The van der Waals surface area contributed by atoms with E-state index in [0.29, 0.717) is 0 Å². The first-order valence-electron chi connectivity index (χ1n) is 6.47. The van der Waals surface area contributed by atoms with Gasteiger partial charge in [0.2, 0.25) is 5.91 Å². The van der Waals surface area contributed by atoms with Crippen LogP contribution in [0.15, 0.2) is 42.7 Å². The fraction of sp³-hybridized carbons (Fsp3) is 0.286. The molecule has 1 atom stereocenters. The van der Waals surface area contributed by atoms with Crippen LogP contribution in [0.25, 0.3) is 5.69 Å². The molecular formula is C14H17ClN4O. The third-order valence-corrected chi connectivity index (χ3v) is 3.26. The Kier molecular flexibility index (Phi) is 4.76. The van der Waals surface area contributed by atoms with Gasteiger partial charge in [0.1, 0.15) is 0 Å². The van der Waals surface area contributed by atoms with Crippen LogP contribution in [0.5, 0.6) is 0 Å². The molecule has 0 saturated carbocycles. The minimum Gasteiger partial charge on any atom is -0.325 e. The SMILES string of the molecule is Cl.O=C(Nc1cccc(-n2cccn2)c1)C1CCCN1. The number of nitrogens with zero attached hydrogens (tertiary/aromatic N) is 2. The third kappa shape index (κ3) is 3.18. The van der Waals surface area contributed by atoms with Crippen LogP contribution >= 0.6 is 12.4 Å². The van der Waals surface area contributed by atoms with Gasteiger partial charge in [0, 0.05) is 18.1 Å². The molecule has 106 valence electrons. The van der Waals surface area contributed by atoms with Gasteiger partial charge in [-0.1, -0.05) is 6.07 Å². The summed E-state index contributed by atoms with van der Waals surface area (Å²) in [5, 5.41) is 10.3. The second-order valence-electron chi connectivity index (χ2n) is 4.64. The lowest BCUT2D eigenvalue weighted by Gasteiger charge is -2.12. The smallest absolute Gasteiger partial charge is 0.241 e. The van der Waals surface area contributed by atoms with Gasteiger partial charge in [-0.25, -0.2) is 4.68 Å². The van der Waals surface area contributed by atoms with Crippen LogP contribution in [-0.2, 0) is 4.79 Å². The summed E-state index contributed by atoms with van der Waals surface area (Å²) in [7, 11) is 0. The lowest BCUT2D eigenvalue weighted by molar-refractivity contribution is -0.117. The maximum absolute atomic E-state index is 12.0. The molecule has 1 aromatic heterocycles. The summed E-state index contributed by atoms with van der Waals surface area (Å²) in [6, 6.07) is 9.48. The second kappa shape index (κ2) is 6.54. The van der Waals surface area contributed by atoms with Crippen molar-refractivity contribution in [3.63, 3.8) is 0 Å². The Morgan fingerprint density at radius 1 is 1.40 bits per heavy atom. The molecular weight excluding hydrogens is 276 g/mol. The number of anilines is 1. The Hall–Kier alpha value is -1.85. The van der Waals surface area contributed by atoms with Crippen LogP contribution in [0.4, 0.5) is 5.69 Å². The molecule has 0 bridgehead atoms. The number of aromatic nitrogens is 2. The van der Waals surface area contributed by atoms with Crippen molar-refractivity contribution in [1.29, 1.82) is 0 Å². The zero-order valence-corrected chi connectivity index (χ0v) is 11.8. The predicted octanol–water partition coefficient (Wildman–Crippen LogP) is 1.98. The van der Waals surface area contributed by atoms with Crippen LogP contribution in [0.3, 0.4) is 0 Å². The summed E-state index contributed by atoms with van der Waals surface area (Å²) in [5.41, 5.74) is 1.73. The Morgan fingerprint density at radius 2 is 2.30 bits per heavy atom. The minimum atomic E-state index is -0.0617. The summed E-state index contributed by atoms with van der Waals surface area (Å²) in [4.78, 5) is 12.0. The quantitative estimate of drug-likeness (QED) is 0.909. The number of amides is 1. The molecule has 20 heavy (non-hydrogen) atoms. The molecule has 6 heteroatoms. The van der Waals surface area contributed by atoms with E-state index < -0.39 is 0 Å². The van der Waals surface area contributed by atoms with Crippen LogP contribution in [-0.4, -0.2) is 28.3 Å². The summed E-state index contributed by atoms with van der Waals surface area (Å²) >= 11 is 0. The standard InChI is InChI=1S/C14H16N4O.ClH/c19-14(13-6-2-7-15-13)17-11-4-1-5-12(10-11)18-9-3-8-16-18;/h1,3-5,8-10,13,15H,2,6-7H2,(H,17,19);1H. The topological polar surface area (TPSA) is 59.0 Å². The molecule has 0 radical (unpaired) electrons. The average molecular weight is 293 g/mol. The van der Waals surface area contributed by atoms with E-state index in [2.05, 4.69) is 15.7 Å². The molecule has 1 saturated heterocycles. The van der Waals surface area contributed by atoms with E-state index in [0.717, 1.165) is 30.8 Å². The molecule has 1 fully saturated rings. The van der Waals surface area contributed by atoms with Crippen LogP contribution in [0, 0.1) is 0 Å². The molecule has 5 nitrogen and oxygen atoms in total. The number of carbonyl (C=O) groups excluding carboxylic acids is 1. The number of benzene rings is 1. The normalized spacial score (nSPS) is 17.5. The molecule has 0 spiro atoms. The summed E-state index contributed by atoms with van der Waals surface area (Å²) in [6.45, 7) is 0.922. The van der Waals surface area contributed by atoms with Crippen LogP contribution in [0.2, 0.25) is 0 Å². The number of halogens is 1. The highest BCUT2D eigenvalue weighted by molar-refractivity contribution is 5.95. The molecule has 1 aliphatic heterocycles. The van der Waals surface area contributed by atoms with E-state index >= 15 is 0 Å². The Bertz CT molecular complexity index is 564. The lowest BCUT2D eigenvalue weighted by atomic mass is 10.2. The summed E-state index contributed by atoms with van der Waals surface area (Å²) in [5.74, 6) is 0.0371. The third-order valence-electron chi connectivity index (χ3n) is 3.26.